The molecule has 0 aliphatic heterocycles. The van der Waals surface area contributed by atoms with Gasteiger partial charge in [-0.05, 0) is 24.6 Å². The SMILES string of the molecule is COc1cc(N)ccc1C(=O)NCc1ccc(C)cc1. The van der Waals surface area contributed by atoms with E-state index in [4.69, 9.17) is 10.5 Å². The lowest BCUT2D eigenvalue weighted by atomic mass is 10.1. The van der Waals surface area contributed by atoms with Crippen LogP contribution >= 0.6 is 0 Å². The zero-order chi connectivity index (χ0) is 14.5. The molecule has 2 rings (SSSR count). The fourth-order valence-electron chi connectivity index (χ4n) is 1.88. The van der Waals surface area contributed by atoms with Crippen LogP contribution in [0.4, 0.5) is 5.69 Å². The monoisotopic (exact) mass is 270 g/mol. The lowest BCUT2D eigenvalue weighted by Crippen LogP contribution is -2.23. The molecule has 20 heavy (non-hydrogen) atoms. The molecule has 2 aromatic rings. The lowest BCUT2D eigenvalue weighted by molar-refractivity contribution is 0.0948. The third kappa shape index (κ3) is 3.29. The largest absolute Gasteiger partial charge is 0.496 e. The van der Waals surface area contributed by atoms with Crippen molar-refractivity contribution in [2.75, 3.05) is 12.8 Å². The summed E-state index contributed by atoms with van der Waals surface area (Å²) in [6, 6.07) is 13.0. The van der Waals surface area contributed by atoms with Crippen molar-refractivity contribution >= 4 is 11.6 Å². The number of ether oxygens (including phenoxy) is 1. The summed E-state index contributed by atoms with van der Waals surface area (Å²) in [6.07, 6.45) is 0. The van der Waals surface area contributed by atoms with Gasteiger partial charge in [0.15, 0.2) is 0 Å². The van der Waals surface area contributed by atoms with Gasteiger partial charge in [-0.1, -0.05) is 29.8 Å². The highest BCUT2D eigenvalue weighted by atomic mass is 16.5. The van der Waals surface area contributed by atoms with Gasteiger partial charge in [0.25, 0.3) is 5.91 Å². The molecule has 0 saturated heterocycles. The molecule has 0 aliphatic carbocycles. The molecule has 4 heteroatoms. The molecule has 0 fully saturated rings. The van der Waals surface area contributed by atoms with E-state index in [0.717, 1.165) is 5.56 Å². The van der Waals surface area contributed by atoms with Crippen LogP contribution in [0.5, 0.6) is 5.75 Å². The number of nitrogens with one attached hydrogen (secondary N) is 1. The summed E-state index contributed by atoms with van der Waals surface area (Å²) in [7, 11) is 1.52. The predicted octanol–water partition coefficient (Wildman–Crippen LogP) is 2.52. The smallest absolute Gasteiger partial charge is 0.255 e. The molecule has 0 unspecified atom stereocenters. The minimum Gasteiger partial charge on any atom is -0.496 e. The molecule has 0 saturated carbocycles. The molecular formula is C16H18N2O2. The summed E-state index contributed by atoms with van der Waals surface area (Å²) in [5, 5.41) is 2.87. The number of amides is 1. The van der Waals surface area contributed by atoms with E-state index in [1.165, 1.54) is 12.7 Å². The lowest BCUT2D eigenvalue weighted by Gasteiger charge is -2.10. The summed E-state index contributed by atoms with van der Waals surface area (Å²) in [5.41, 5.74) is 8.97. The van der Waals surface area contributed by atoms with Gasteiger partial charge in [0, 0.05) is 18.3 Å². The Hall–Kier alpha value is -2.49. The van der Waals surface area contributed by atoms with Crippen molar-refractivity contribution < 1.29 is 9.53 Å². The highest BCUT2D eigenvalue weighted by Crippen LogP contribution is 2.21. The van der Waals surface area contributed by atoms with Crippen LogP contribution in [0.15, 0.2) is 42.5 Å². The summed E-state index contributed by atoms with van der Waals surface area (Å²) < 4.78 is 5.17. The van der Waals surface area contributed by atoms with E-state index in [2.05, 4.69) is 5.32 Å². The number of carbonyl (C=O) groups is 1. The maximum atomic E-state index is 12.1. The van der Waals surface area contributed by atoms with Crippen molar-refractivity contribution in [2.24, 2.45) is 0 Å². The first-order chi connectivity index (χ1) is 9.60. The van der Waals surface area contributed by atoms with Crippen LogP contribution < -0.4 is 15.8 Å². The second kappa shape index (κ2) is 6.10. The van der Waals surface area contributed by atoms with Crippen molar-refractivity contribution in [3.8, 4) is 5.75 Å². The van der Waals surface area contributed by atoms with Crippen molar-refractivity contribution in [3.63, 3.8) is 0 Å². The van der Waals surface area contributed by atoms with Gasteiger partial charge in [-0.15, -0.1) is 0 Å². The number of anilines is 1. The van der Waals surface area contributed by atoms with Crippen LogP contribution in [-0.4, -0.2) is 13.0 Å². The predicted molar refractivity (Wildman–Crippen MR) is 79.8 cm³/mol. The van der Waals surface area contributed by atoms with Crippen LogP contribution in [0.2, 0.25) is 0 Å². The Labute approximate surface area is 118 Å². The van der Waals surface area contributed by atoms with Gasteiger partial charge in [0.05, 0.1) is 12.7 Å². The molecule has 104 valence electrons. The number of methoxy groups -OCH3 is 1. The number of rotatable bonds is 4. The van der Waals surface area contributed by atoms with Crippen molar-refractivity contribution in [2.45, 2.75) is 13.5 Å². The standard InChI is InChI=1S/C16H18N2O2/c1-11-3-5-12(6-4-11)10-18-16(19)14-8-7-13(17)9-15(14)20-2/h3-9H,10,17H2,1-2H3,(H,18,19). The molecule has 0 spiro atoms. The highest BCUT2D eigenvalue weighted by molar-refractivity contribution is 5.97. The van der Waals surface area contributed by atoms with Crippen LogP contribution in [0.25, 0.3) is 0 Å². The van der Waals surface area contributed by atoms with Crippen molar-refractivity contribution in [3.05, 3.63) is 59.2 Å². The molecule has 0 radical (unpaired) electrons. The number of nitrogen functional groups attached to an aromatic ring is 1. The van der Waals surface area contributed by atoms with E-state index >= 15 is 0 Å². The van der Waals surface area contributed by atoms with E-state index in [0.29, 0.717) is 23.5 Å². The third-order valence-corrected chi connectivity index (χ3v) is 3.04. The van der Waals surface area contributed by atoms with Crippen molar-refractivity contribution in [1.82, 2.24) is 5.32 Å². The summed E-state index contributed by atoms with van der Waals surface area (Å²) in [4.78, 5) is 12.1. The molecule has 0 atom stereocenters. The Bertz CT molecular complexity index is 606. The summed E-state index contributed by atoms with van der Waals surface area (Å²) >= 11 is 0. The molecule has 4 nitrogen and oxygen atoms in total. The van der Waals surface area contributed by atoms with Gasteiger partial charge in [0.1, 0.15) is 5.75 Å². The Kier molecular flexibility index (Phi) is 4.25. The zero-order valence-electron chi connectivity index (χ0n) is 11.6. The van der Waals surface area contributed by atoms with Gasteiger partial charge in [-0.25, -0.2) is 0 Å². The molecule has 0 bridgehead atoms. The molecular weight excluding hydrogens is 252 g/mol. The van der Waals surface area contributed by atoms with Gasteiger partial charge in [-0.2, -0.15) is 0 Å². The Balaban J connectivity index is 2.07. The molecule has 0 aliphatic rings. The molecule has 1 amide bonds. The number of hydrogen-bond acceptors (Lipinski definition) is 3. The van der Waals surface area contributed by atoms with Crippen LogP contribution in [0.3, 0.4) is 0 Å². The fourth-order valence-corrected chi connectivity index (χ4v) is 1.88. The Morgan fingerprint density at radius 1 is 1.20 bits per heavy atom. The minimum absolute atomic E-state index is 0.178. The number of nitrogens with two attached hydrogens (primary N) is 1. The average molecular weight is 270 g/mol. The van der Waals surface area contributed by atoms with Gasteiger partial charge >= 0.3 is 0 Å². The van der Waals surface area contributed by atoms with E-state index < -0.39 is 0 Å². The number of carbonyl (C=O) groups excluding carboxylic acids is 1. The molecule has 2 aromatic carbocycles. The first-order valence-corrected chi connectivity index (χ1v) is 6.37. The topological polar surface area (TPSA) is 64.3 Å². The second-order valence-corrected chi connectivity index (χ2v) is 4.63. The van der Waals surface area contributed by atoms with E-state index in [-0.39, 0.29) is 5.91 Å². The minimum atomic E-state index is -0.178. The summed E-state index contributed by atoms with van der Waals surface area (Å²) in [6.45, 7) is 2.51. The van der Waals surface area contributed by atoms with E-state index in [9.17, 15) is 4.79 Å². The maximum absolute atomic E-state index is 12.1. The highest BCUT2D eigenvalue weighted by Gasteiger charge is 2.11. The maximum Gasteiger partial charge on any atom is 0.255 e. The van der Waals surface area contributed by atoms with Gasteiger partial charge in [0.2, 0.25) is 0 Å². The molecule has 3 N–H and O–H groups in total. The second-order valence-electron chi connectivity index (χ2n) is 4.63. The average Bonchev–Trinajstić information content (AvgIpc) is 2.46. The number of aryl methyl sites for hydroxylation is 1. The third-order valence-electron chi connectivity index (χ3n) is 3.04. The molecule has 0 aromatic heterocycles. The molecule has 0 heterocycles. The first kappa shape index (κ1) is 13.9. The van der Waals surface area contributed by atoms with Crippen LogP contribution in [0.1, 0.15) is 21.5 Å². The van der Waals surface area contributed by atoms with E-state index in [1.807, 2.05) is 31.2 Å². The quantitative estimate of drug-likeness (QED) is 0.839. The number of benzene rings is 2. The van der Waals surface area contributed by atoms with Crippen LogP contribution in [-0.2, 0) is 6.54 Å². The normalized spacial score (nSPS) is 10.1. The van der Waals surface area contributed by atoms with Gasteiger partial charge in [-0.3, -0.25) is 4.79 Å². The van der Waals surface area contributed by atoms with Crippen LogP contribution in [0, 0.1) is 6.92 Å². The first-order valence-electron chi connectivity index (χ1n) is 6.37. The van der Waals surface area contributed by atoms with Crippen molar-refractivity contribution in [1.29, 1.82) is 0 Å². The Morgan fingerprint density at radius 3 is 2.55 bits per heavy atom. The Morgan fingerprint density at radius 2 is 1.90 bits per heavy atom. The fraction of sp³-hybridized carbons (Fsp3) is 0.188. The zero-order valence-corrected chi connectivity index (χ0v) is 11.6. The number of hydrogen-bond donors (Lipinski definition) is 2. The van der Waals surface area contributed by atoms with Gasteiger partial charge < -0.3 is 15.8 Å². The summed E-state index contributed by atoms with van der Waals surface area (Å²) in [5.74, 6) is 0.300. The van der Waals surface area contributed by atoms with E-state index in [1.54, 1.807) is 18.2 Å².